The maximum atomic E-state index is 3.54. The SMILES string of the molecule is CC(NCc1cccn1C)C(C)(C)C. The van der Waals surface area contributed by atoms with E-state index in [1.54, 1.807) is 0 Å². The molecule has 1 aromatic heterocycles. The number of nitrogens with one attached hydrogen (secondary N) is 1. The Morgan fingerprint density at radius 2 is 2.07 bits per heavy atom. The van der Waals surface area contributed by atoms with Gasteiger partial charge in [0.1, 0.15) is 0 Å². The molecule has 0 radical (unpaired) electrons. The molecule has 0 fully saturated rings. The molecule has 0 saturated heterocycles. The lowest BCUT2D eigenvalue weighted by Crippen LogP contribution is -2.37. The first kappa shape index (κ1) is 11.3. The van der Waals surface area contributed by atoms with Crippen LogP contribution in [0.25, 0.3) is 0 Å². The van der Waals surface area contributed by atoms with E-state index < -0.39 is 0 Å². The molecule has 0 aliphatic rings. The second-order valence-electron chi connectivity index (χ2n) is 5.08. The van der Waals surface area contributed by atoms with Gasteiger partial charge < -0.3 is 9.88 Å². The molecular weight excluding hydrogens is 172 g/mol. The van der Waals surface area contributed by atoms with Gasteiger partial charge in [0, 0.05) is 31.5 Å². The molecule has 80 valence electrons. The van der Waals surface area contributed by atoms with Crippen molar-refractivity contribution in [1.29, 1.82) is 0 Å². The van der Waals surface area contributed by atoms with Crippen molar-refractivity contribution in [3.8, 4) is 0 Å². The van der Waals surface area contributed by atoms with Gasteiger partial charge in [-0.1, -0.05) is 20.8 Å². The molecule has 2 nitrogen and oxygen atoms in total. The maximum Gasteiger partial charge on any atom is 0.0361 e. The second kappa shape index (κ2) is 4.18. The van der Waals surface area contributed by atoms with E-state index in [0.717, 1.165) is 6.54 Å². The van der Waals surface area contributed by atoms with Gasteiger partial charge >= 0.3 is 0 Å². The number of rotatable bonds is 3. The molecule has 0 aromatic carbocycles. The highest BCUT2D eigenvalue weighted by Crippen LogP contribution is 2.18. The molecule has 1 atom stereocenters. The number of aryl methyl sites for hydroxylation is 1. The van der Waals surface area contributed by atoms with Crippen LogP contribution < -0.4 is 5.32 Å². The molecule has 0 amide bonds. The zero-order valence-corrected chi connectivity index (χ0v) is 9.96. The van der Waals surface area contributed by atoms with E-state index in [1.165, 1.54) is 5.69 Å². The third-order valence-corrected chi connectivity index (χ3v) is 2.94. The van der Waals surface area contributed by atoms with Crippen molar-refractivity contribution < 1.29 is 0 Å². The van der Waals surface area contributed by atoms with Crippen LogP contribution in [0, 0.1) is 5.41 Å². The lowest BCUT2D eigenvalue weighted by molar-refractivity contribution is 0.283. The van der Waals surface area contributed by atoms with E-state index in [9.17, 15) is 0 Å². The summed E-state index contributed by atoms with van der Waals surface area (Å²) in [5.74, 6) is 0. The molecule has 1 N–H and O–H groups in total. The monoisotopic (exact) mass is 194 g/mol. The highest BCUT2D eigenvalue weighted by Gasteiger charge is 2.19. The standard InChI is InChI=1S/C12H22N2/c1-10(12(2,3)4)13-9-11-7-6-8-14(11)5/h6-8,10,13H,9H2,1-5H3. The average Bonchev–Trinajstić information content (AvgIpc) is 2.45. The minimum atomic E-state index is 0.325. The summed E-state index contributed by atoms with van der Waals surface area (Å²) in [5, 5.41) is 3.54. The van der Waals surface area contributed by atoms with Crippen LogP contribution in [0.4, 0.5) is 0 Å². The summed E-state index contributed by atoms with van der Waals surface area (Å²) >= 11 is 0. The zero-order chi connectivity index (χ0) is 10.8. The van der Waals surface area contributed by atoms with Crippen LogP contribution in [0.2, 0.25) is 0 Å². The van der Waals surface area contributed by atoms with Crippen LogP contribution in [0.3, 0.4) is 0 Å². The highest BCUT2D eigenvalue weighted by molar-refractivity contribution is 5.06. The Kier molecular flexibility index (Phi) is 3.38. The Morgan fingerprint density at radius 1 is 1.43 bits per heavy atom. The Morgan fingerprint density at radius 3 is 2.50 bits per heavy atom. The Balaban J connectivity index is 2.46. The quantitative estimate of drug-likeness (QED) is 0.782. The van der Waals surface area contributed by atoms with Gasteiger partial charge in [0.05, 0.1) is 0 Å². The molecule has 1 rings (SSSR count). The van der Waals surface area contributed by atoms with Crippen molar-refractivity contribution in [2.24, 2.45) is 12.5 Å². The average molecular weight is 194 g/mol. The smallest absolute Gasteiger partial charge is 0.0361 e. The van der Waals surface area contributed by atoms with Gasteiger partial charge in [-0.3, -0.25) is 0 Å². The van der Waals surface area contributed by atoms with Crippen molar-refractivity contribution in [1.82, 2.24) is 9.88 Å². The molecular formula is C12H22N2. The number of aromatic nitrogens is 1. The first-order chi connectivity index (χ1) is 6.41. The summed E-state index contributed by atoms with van der Waals surface area (Å²) in [4.78, 5) is 0. The van der Waals surface area contributed by atoms with Crippen molar-refractivity contribution >= 4 is 0 Å². The molecule has 0 spiro atoms. The fourth-order valence-corrected chi connectivity index (χ4v) is 1.24. The zero-order valence-electron chi connectivity index (χ0n) is 9.96. The summed E-state index contributed by atoms with van der Waals surface area (Å²) in [6.07, 6.45) is 2.08. The number of hydrogen-bond acceptors (Lipinski definition) is 1. The largest absolute Gasteiger partial charge is 0.353 e. The van der Waals surface area contributed by atoms with Gasteiger partial charge in [-0.15, -0.1) is 0 Å². The van der Waals surface area contributed by atoms with E-state index in [1.807, 2.05) is 0 Å². The van der Waals surface area contributed by atoms with E-state index in [2.05, 4.69) is 63.0 Å². The minimum Gasteiger partial charge on any atom is -0.353 e. The van der Waals surface area contributed by atoms with Crippen molar-refractivity contribution in [2.45, 2.75) is 40.3 Å². The molecule has 1 unspecified atom stereocenters. The fourth-order valence-electron chi connectivity index (χ4n) is 1.24. The highest BCUT2D eigenvalue weighted by atomic mass is 15.0. The van der Waals surface area contributed by atoms with E-state index in [0.29, 0.717) is 11.5 Å². The lowest BCUT2D eigenvalue weighted by atomic mass is 9.88. The third kappa shape index (κ3) is 2.88. The van der Waals surface area contributed by atoms with E-state index >= 15 is 0 Å². The van der Waals surface area contributed by atoms with Gasteiger partial charge in [-0.05, 0) is 24.5 Å². The summed E-state index contributed by atoms with van der Waals surface area (Å²) < 4.78 is 2.16. The molecule has 0 saturated carbocycles. The van der Waals surface area contributed by atoms with Crippen LogP contribution >= 0.6 is 0 Å². The fraction of sp³-hybridized carbons (Fsp3) is 0.667. The first-order valence-corrected chi connectivity index (χ1v) is 5.25. The van der Waals surface area contributed by atoms with Gasteiger partial charge in [0.15, 0.2) is 0 Å². The minimum absolute atomic E-state index is 0.325. The van der Waals surface area contributed by atoms with E-state index in [4.69, 9.17) is 0 Å². The van der Waals surface area contributed by atoms with Crippen LogP contribution in [0.15, 0.2) is 18.3 Å². The van der Waals surface area contributed by atoms with Gasteiger partial charge in [0.2, 0.25) is 0 Å². The maximum absolute atomic E-state index is 3.54. The Bertz CT molecular complexity index is 281. The Labute approximate surface area is 87.3 Å². The number of hydrogen-bond donors (Lipinski definition) is 1. The van der Waals surface area contributed by atoms with Crippen LogP contribution in [0.1, 0.15) is 33.4 Å². The van der Waals surface area contributed by atoms with Gasteiger partial charge in [0.25, 0.3) is 0 Å². The molecule has 0 bridgehead atoms. The topological polar surface area (TPSA) is 17.0 Å². The summed E-state index contributed by atoms with van der Waals surface area (Å²) in [5.41, 5.74) is 1.66. The van der Waals surface area contributed by atoms with Crippen LogP contribution in [-0.2, 0) is 13.6 Å². The van der Waals surface area contributed by atoms with E-state index in [-0.39, 0.29) is 0 Å². The predicted octanol–water partition coefficient (Wildman–Crippen LogP) is 2.55. The molecule has 1 aromatic rings. The second-order valence-corrected chi connectivity index (χ2v) is 5.08. The van der Waals surface area contributed by atoms with Crippen molar-refractivity contribution in [3.63, 3.8) is 0 Å². The molecule has 14 heavy (non-hydrogen) atoms. The molecule has 2 heteroatoms. The number of nitrogens with zero attached hydrogens (tertiary/aromatic N) is 1. The van der Waals surface area contributed by atoms with Gasteiger partial charge in [-0.25, -0.2) is 0 Å². The first-order valence-electron chi connectivity index (χ1n) is 5.25. The Hall–Kier alpha value is -0.760. The molecule has 0 aliphatic heterocycles. The molecule has 0 aliphatic carbocycles. The van der Waals surface area contributed by atoms with Crippen molar-refractivity contribution in [2.75, 3.05) is 0 Å². The van der Waals surface area contributed by atoms with Crippen molar-refractivity contribution in [3.05, 3.63) is 24.0 Å². The third-order valence-electron chi connectivity index (χ3n) is 2.94. The molecule has 1 heterocycles. The van der Waals surface area contributed by atoms with Crippen LogP contribution in [-0.4, -0.2) is 10.6 Å². The summed E-state index contributed by atoms with van der Waals surface area (Å²) in [7, 11) is 2.08. The van der Waals surface area contributed by atoms with Gasteiger partial charge in [-0.2, -0.15) is 0 Å². The summed E-state index contributed by atoms with van der Waals surface area (Å²) in [6.45, 7) is 9.96. The van der Waals surface area contributed by atoms with Crippen LogP contribution in [0.5, 0.6) is 0 Å². The normalized spacial score (nSPS) is 14.4. The predicted molar refractivity (Wildman–Crippen MR) is 61.2 cm³/mol. The summed E-state index contributed by atoms with van der Waals surface area (Å²) in [6, 6.07) is 4.76. The lowest BCUT2D eigenvalue weighted by Gasteiger charge is -2.28.